The molecule has 1 N–H and O–H groups in total. The summed E-state index contributed by atoms with van der Waals surface area (Å²) in [6.45, 7) is 1.05. The molecule has 1 atom stereocenters. The fraction of sp³-hybridized carbons (Fsp3) is 0.385. The van der Waals surface area contributed by atoms with Crippen molar-refractivity contribution in [3.63, 3.8) is 0 Å². The standard InChI is InChI=1S/C13H16FNO6S/c1-8(12(16)17)7-15(2)22(19,20)11-5-4-9(14)6-10(11)13(18)21-3/h4-6,8H,7H2,1-3H3,(H,16,17). The third kappa shape index (κ3) is 3.80. The number of rotatable bonds is 6. The lowest BCUT2D eigenvalue weighted by Crippen LogP contribution is -2.34. The van der Waals surface area contributed by atoms with Gasteiger partial charge in [0, 0.05) is 13.6 Å². The zero-order chi connectivity index (χ0) is 17.1. The molecule has 0 radical (unpaired) electrons. The Morgan fingerprint density at radius 1 is 1.41 bits per heavy atom. The third-order valence-electron chi connectivity index (χ3n) is 2.99. The summed E-state index contributed by atoms with van der Waals surface area (Å²) >= 11 is 0. The second kappa shape index (κ2) is 6.84. The number of carboxylic acid groups (broad SMARTS) is 1. The number of aliphatic carboxylic acids is 1. The van der Waals surface area contributed by atoms with Crippen LogP contribution in [-0.4, -0.2) is 50.5 Å². The van der Waals surface area contributed by atoms with Gasteiger partial charge in [0.1, 0.15) is 5.82 Å². The number of carboxylic acids is 1. The Balaban J connectivity index is 3.28. The Bertz CT molecular complexity index is 688. The van der Waals surface area contributed by atoms with Gasteiger partial charge in [0.05, 0.1) is 23.5 Å². The van der Waals surface area contributed by atoms with Crippen LogP contribution in [0.15, 0.2) is 23.1 Å². The number of methoxy groups -OCH3 is 1. The van der Waals surface area contributed by atoms with Crippen LogP contribution in [0.3, 0.4) is 0 Å². The number of carbonyl (C=O) groups is 2. The average molecular weight is 333 g/mol. The number of ether oxygens (including phenoxy) is 1. The fourth-order valence-electron chi connectivity index (χ4n) is 1.73. The summed E-state index contributed by atoms with van der Waals surface area (Å²) in [5.41, 5.74) is -0.447. The van der Waals surface area contributed by atoms with E-state index in [1.807, 2.05) is 0 Å². The lowest BCUT2D eigenvalue weighted by Gasteiger charge is -2.20. The molecule has 1 unspecified atom stereocenters. The third-order valence-corrected chi connectivity index (χ3v) is 4.87. The van der Waals surface area contributed by atoms with Crippen molar-refractivity contribution < 1.29 is 32.2 Å². The first kappa shape index (κ1) is 18.1. The Kier molecular flexibility index (Phi) is 5.61. The molecule has 22 heavy (non-hydrogen) atoms. The lowest BCUT2D eigenvalue weighted by molar-refractivity contribution is -0.141. The predicted molar refractivity (Wildman–Crippen MR) is 74.4 cm³/mol. The zero-order valence-electron chi connectivity index (χ0n) is 12.2. The van der Waals surface area contributed by atoms with Crippen molar-refractivity contribution >= 4 is 22.0 Å². The predicted octanol–water partition coefficient (Wildman–Crippen LogP) is 0.954. The van der Waals surface area contributed by atoms with Crippen LogP contribution in [0.25, 0.3) is 0 Å². The van der Waals surface area contributed by atoms with Crippen molar-refractivity contribution in [1.82, 2.24) is 4.31 Å². The van der Waals surface area contributed by atoms with Gasteiger partial charge in [0.15, 0.2) is 0 Å². The molecule has 1 aromatic rings. The molecule has 0 aliphatic carbocycles. The van der Waals surface area contributed by atoms with Gasteiger partial charge in [-0.05, 0) is 18.2 Å². The first-order valence-corrected chi connectivity index (χ1v) is 7.62. The number of benzene rings is 1. The van der Waals surface area contributed by atoms with Gasteiger partial charge in [-0.3, -0.25) is 4.79 Å². The van der Waals surface area contributed by atoms with Crippen LogP contribution in [0.4, 0.5) is 4.39 Å². The van der Waals surface area contributed by atoms with E-state index < -0.39 is 44.2 Å². The molecule has 0 heterocycles. The minimum Gasteiger partial charge on any atom is -0.481 e. The summed E-state index contributed by atoms with van der Waals surface area (Å²) in [6.07, 6.45) is 0. The van der Waals surface area contributed by atoms with Crippen LogP contribution in [0.2, 0.25) is 0 Å². The molecule has 122 valence electrons. The highest BCUT2D eigenvalue weighted by Gasteiger charge is 2.29. The summed E-state index contributed by atoms with van der Waals surface area (Å²) in [7, 11) is -1.95. The summed E-state index contributed by atoms with van der Waals surface area (Å²) in [5, 5.41) is 8.84. The van der Waals surface area contributed by atoms with Gasteiger partial charge in [-0.2, -0.15) is 0 Å². The van der Waals surface area contributed by atoms with Crippen molar-refractivity contribution in [2.75, 3.05) is 20.7 Å². The maximum atomic E-state index is 13.3. The smallest absolute Gasteiger partial charge is 0.339 e. The molecule has 0 saturated heterocycles. The number of esters is 1. The fourth-order valence-corrected chi connectivity index (χ4v) is 3.14. The maximum absolute atomic E-state index is 13.3. The van der Waals surface area contributed by atoms with Gasteiger partial charge in [0.2, 0.25) is 10.0 Å². The monoisotopic (exact) mass is 333 g/mol. The first-order chi connectivity index (χ1) is 10.1. The Hall–Kier alpha value is -2.00. The summed E-state index contributed by atoms with van der Waals surface area (Å²) in [4.78, 5) is 22.0. The molecular weight excluding hydrogens is 317 g/mol. The Morgan fingerprint density at radius 2 is 2.00 bits per heavy atom. The molecule has 0 amide bonds. The summed E-state index contributed by atoms with van der Waals surface area (Å²) in [5.74, 6) is -3.89. The van der Waals surface area contributed by atoms with E-state index in [4.69, 9.17) is 5.11 Å². The van der Waals surface area contributed by atoms with E-state index in [0.717, 1.165) is 29.6 Å². The highest BCUT2D eigenvalue weighted by Crippen LogP contribution is 2.22. The Labute approximate surface area is 127 Å². The quantitative estimate of drug-likeness (QED) is 0.778. The van der Waals surface area contributed by atoms with Crippen LogP contribution in [0, 0.1) is 11.7 Å². The number of hydrogen-bond acceptors (Lipinski definition) is 5. The second-order valence-electron chi connectivity index (χ2n) is 4.66. The number of sulfonamides is 1. The van der Waals surface area contributed by atoms with Crippen LogP contribution >= 0.6 is 0 Å². The van der Waals surface area contributed by atoms with E-state index >= 15 is 0 Å². The van der Waals surface area contributed by atoms with E-state index in [-0.39, 0.29) is 6.54 Å². The Morgan fingerprint density at radius 3 is 2.50 bits per heavy atom. The molecule has 0 aliphatic heterocycles. The van der Waals surface area contributed by atoms with Crippen LogP contribution < -0.4 is 0 Å². The topological polar surface area (TPSA) is 101 Å². The van der Waals surface area contributed by atoms with Gasteiger partial charge < -0.3 is 9.84 Å². The maximum Gasteiger partial charge on any atom is 0.339 e. The SMILES string of the molecule is COC(=O)c1cc(F)ccc1S(=O)(=O)N(C)CC(C)C(=O)O. The van der Waals surface area contributed by atoms with Crippen LogP contribution in [-0.2, 0) is 19.6 Å². The first-order valence-electron chi connectivity index (χ1n) is 6.18. The highest BCUT2D eigenvalue weighted by atomic mass is 32.2. The zero-order valence-corrected chi connectivity index (χ0v) is 13.1. The van der Waals surface area contributed by atoms with Gasteiger partial charge in [-0.15, -0.1) is 0 Å². The molecule has 9 heteroatoms. The normalized spacial score (nSPS) is 13.0. The van der Waals surface area contributed by atoms with E-state index in [9.17, 15) is 22.4 Å². The summed E-state index contributed by atoms with van der Waals surface area (Å²) < 4.78 is 43.4. The minimum absolute atomic E-state index is 0.296. The molecule has 0 aliphatic rings. The van der Waals surface area contributed by atoms with E-state index in [2.05, 4.69) is 4.74 Å². The lowest BCUT2D eigenvalue weighted by atomic mass is 10.2. The van der Waals surface area contributed by atoms with Crippen molar-refractivity contribution in [2.45, 2.75) is 11.8 Å². The van der Waals surface area contributed by atoms with Crippen LogP contribution in [0.5, 0.6) is 0 Å². The molecule has 0 saturated carbocycles. The number of hydrogen-bond donors (Lipinski definition) is 1. The van der Waals surface area contributed by atoms with E-state index in [1.54, 1.807) is 0 Å². The van der Waals surface area contributed by atoms with Gasteiger partial charge in [-0.1, -0.05) is 6.92 Å². The molecule has 0 fully saturated rings. The number of halogens is 1. The van der Waals surface area contributed by atoms with Crippen molar-refractivity contribution in [3.8, 4) is 0 Å². The largest absolute Gasteiger partial charge is 0.481 e. The van der Waals surface area contributed by atoms with Gasteiger partial charge >= 0.3 is 11.9 Å². The number of nitrogens with zero attached hydrogens (tertiary/aromatic N) is 1. The molecule has 0 spiro atoms. The highest BCUT2D eigenvalue weighted by molar-refractivity contribution is 7.89. The summed E-state index contributed by atoms with van der Waals surface area (Å²) in [6, 6.07) is 2.60. The average Bonchev–Trinajstić information content (AvgIpc) is 2.45. The molecule has 1 aromatic carbocycles. The van der Waals surface area contributed by atoms with Gasteiger partial charge in [-0.25, -0.2) is 21.9 Å². The number of carbonyl (C=O) groups excluding carboxylic acids is 1. The second-order valence-corrected chi connectivity index (χ2v) is 6.67. The molecule has 7 nitrogen and oxygen atoms in total. The minimum atomic E-state index is -4.17. The molecule has 1 rings (SSSR count). The van der Waals surface area contributed by atoms with Crippen molar-refractivity contribution in [2.24, 2.45) is 5.92 Å². The van der Waals surface area contributed by atoms with E-state index in [0.29, 0.717) is 0 Å². The molecule has 0 aromatic heterocycles. The van der Waals surface area contributed by atoms with Crippen molar-refractivity contribution in [1.29, 1.82) is 0 Å². The van der Waals surface area contributed by atoms with Crippen molar-refractivity contribution in [3.05, 3.63) is 29.6 Å². The molecular formula is C13H16FNO6S. The molecule has 0 bridgehead atoms. The van der Waals surface area contributed by atoms with Crippen LogP contribution in [0.1, 0.15) is 17.3 Å². The van der Waals surface area contributed by atoms with Gasteiger partial charge in [0.25, 0.3) is 0 Å². The van der Waals surface area contributed by atoms with E-state index in [1.165, 1.54) is 14.0 Å².